The summed E-state index contributed by atoms with van der Waals surface area (Å²) in [7, 11) is 3.17. The van der Waals surface area contributed by atoms with E-state index in [9.17, 15) is 0 Å². The summed E-state index contributed by atoms with van der Waals surface area (Å²) in [5.41, 5.74) is 8.98. The molecule has 0 aliphatic carbocycles. The molecule has 0 aromatic heterocycles. The number of allylic oxidation sites excluding steroid dienone is 1. The number of ether oxygens (including phenoxy) is 2. The van der Waals surface area contributed by atoms with Crippen LogP contribution in [0.3, 0.4) is 0 Å². The predicted octanol–water partition coefficient (Wildman–Crippen LogP) is 3.24. The van der Waals surface area contributed by atoms with Gasteiger partial charge in [0.15, 0.2) is 11.5 Å². The van der Waals surface area contributed by atoms with Gasteiger partial charge in [0, 0.05) is 11.8 Å². The molecule has 0 bridgehead atoms. The molecule has 0 aliphatic rings. The van der Waals surface area contributed by atoms with Crippen LogP contribution in [0.2, 0.25) is 0 Å². The minimum absolute atomic E-state index is 0.620. The van der Waals surface area contributed by atoms with Gasteiger partial charge in [0.25, 0.3) is 0 Å². The molecule has 21 heavy (non-hydrogen) atoms. The van der Waals surface area contributed by atoms with E-state index >= 15 is 0 Å². The van der Waals surface area contributed by atoms with E-state index in [1.807, 2.05) is 30.3 Å². The van der Waals surface area contributed by atoms with Crippen molar-refractivity contribution in [3.05, 3.63) is 59.7 Å². The molecule has 0 saturated carbocycles. The zero-order chi connectivity index (χ0) is 15.2. The summed E-state index contributed by atoms with van der Waals surface area (Å²) in [6, 6.07) is 15.0. The van der Waals surface area contributed by atoms with Gasteiger partial charge in [0.05, 0.1) is 20.3 Å². The van der Waals surface area contributed by atoms with Gasteiger partial charge in [-0.25, -0.2) is 0 Å². The van der Waals surface area contributed by atoms with Crippen LogP contribution in [0.4, 0.5) is 5.69 Å². The Hall–Kier alpha value is -2.93. The lowest BCUT2D eigenvalue weighted by Crippen LogP contribution is -1.94. The Balaban J connectivity index is 2.52. The largest absolute Gasteiger partial charge is 0.493 e. The lowest BCUT2D eigenvalue weighted by Gasteiger charge is -2.12. The minimum Gasteiger partial charge on any atom is -0.493 e. The van der Waals surface area contributed by atoms with E-state index in [-0.39, 0.29) is 0 Å². The van der Waals surface area contributed by atoms with Crippen molar-refractivity contribution in [1.82, 2.24) is 0 Å². The summed E-state index contributed by atoms with van der Waals surface area (Å²) < 4.78 is 10.5. The third-order valence-electron chi connectivity index (χ3n) is 3.13. The van der Waals surface area contributed by atoms with Gasteiger partial charge >= 0.3 is 0 Å². The molecule has 0 aliphatic heterocycles. The lowest BCUT2D eigenvalue weighted by molar-refractivity contribution is 0.355. The SMILES string of the molecule is COc1ccc(/C(=C/C#N)c2ccc(N)cc2)cc1OC. The predicted molar refractivity (Wildman–Crippen MR) is 83.1 cm³/mol. The number of nitriles is 1. The Labute approximate surface area is 124 Å². The Morgan fingerprint density at radius 2 is 1.62 bits per heavy atom. The van der Waals surface area contributed by atoms with Gasteiger partial charge in [-0.1, -0.05) is 18.2 Å². The fourth-order valence-electron chi connectivity index (χ4n) is 2.06. The summed E-state index contributed by atoms with van der Waals surface area (Å²) in [6.07, 6.45) is 1.51. The van der Waals surface area contributed by atoms with Crippen molar-refractivity contribution in [2.24, 2.45) is 0 Å². The number of nitrogens with zero attached hydrogens (tertiary/aromatic N) is 1. The number of anilines is 1. The minimum atomic E-state index is 0.620. The van der Waals surface area contributed by atoms with Crippen molar-refractivity contribution < 1.29 is 9.47 Å². The van der Waals surface area contributed by atoms with E-state index in [0.717, 1.165) is 16.7 Å². The van der Waals surface area contributed by atoms with Gasteiger partial charge < -0.3 is 15.2 Å². The highest BCUT2D eigenvalue weighted by Gasteiger charge is 2.10. The van der Waals surface area contributed by atoms with Crippen molar-refractivity contribution in [3.8, 4) is 17.6 Å². The number of benzene rings is 2. The molecule has 2 aromatic rings. The fraction of sp³-hybridized carbons (Fsp3) is 0.118. The van der Waals surface area contributed by atoms with E-state index in [1.54, 1.807) is 26.4 Å². The van der Waals surface area contributed by atoms with Gasteiger partial charge in [-0.05, 0) is 41.0 Å². The van der Waals surface area contributed by atoms with Crippen molar-refractivity contribution >= 4 is 11.3 Å². The normalized spacial score (nSPS) is 10.8. The van der Waals surface area contributed by atoms with Crippen molar-refractivity contribution in [2.45, 2.75) is 0 Å². The molecule has 2 rings (SSSR count). The van der Waals surface area contributed by atoms with Crippen LogP contribution in [-0.2, 0) is 0 Å². The first-order valence-corrected chi connectivity index (χ1v) is 6.37. The maximum atomic E-state index is 9.03. The molecule has 106 valence electrons. The van der Waals surface area contributed by atoms with Crippen LogP contribution >= 0.6 is 0 Å². The van der Waals surface area contributed by atoms with E-state index in [4.69, 9.17) is 20.5 Å². The molecule has 2 N–H and O–H groups in total. The monoisotopic (exact) mass is 280 g/mol. The van der Waals surface area contributed by atoms with Crippen LogP contribution in [0.5, 0.6) is 11.5 Å². The molecule has 0 radical (unpaired) electrons. The molecular weight excluding hydrogens is 264 g/mol. The molecule has 0 unspecified atom stereocenters. The molecule has 0 atom stereocenters. The molecular formula is C17H16N2O2. The lowest BCUT2D eigenvalue weighted by atomic mass is 9.97. The van der Waals surface area contributed by atoms with Crippen molar-refractivity contribution in [3.63, 3.8) is 0 Å². The molecule has 0 heterocycles. The Morgan fingerprint density at radius 1 is 1.00 bits per heavy atom. The van der Waals surface area contributed by atoms with E-state index in [2.05, 4.69) is 6.07 Å². The summed E-state index contributed by atoms with van der Waals surface area (Å²) in [6.45, 7) is 0. The number of hydrogen-bond acceptors (Lipinski definition) is 4. The molecule has 0 fully saturated rings. The maximum Gasteiger partial charge on any atom is 0.161 e. The molecule has 0 saturated heterocycles. The van der Waals surface area contributed by atoms with Gasteiger partial charge in [-0.15, -0.1) is 0 Å². The molecule has 0 spiro atoms. The van der Waals surface area contributed by atoms with Crippen LogP contribution < -0.4 is 15.2 Å². The van der Waals surface area contributed by atoms with Crippen molar-refractivity contribution in [1.29, 1.82) is 5.26 Å². The molecule has 0 amide bonds. The smallest absolute Gasteiger partial charge is 0.161 e. The summed E-state index contributed by atoms with van der Waals surface area (Å²) in [5, 5.41) is 9.03. The first-order chi connectivity index (χ1) is 10.2. The van der Waals surface area contributed by atoms with Crippen LogP contribution in [-0.4, -0.2) is 14.2 Å². The Morgan fingerprint density at radius 3 is 2.19 bits per heavy atom. The Bertz CT molecular complexity index is 698. The quantitative estimate of drug-likeness (QED) is 0.689. The highest BCUT2D eigenvalue weighted by atomic mass is 16.5. The molecule has 4 nitrogen and oxygen atoms in total. The van der Waals surface area contributed by atoms with Crippen LogP contribution in [0.25, 0.3) is 5.57 Å². The first-order valence-electron chi connectivity index (χ1n) is 6.37. The van der Waals surface area contributed by atoms with E-state index in [0.29, 0.717) is 17.2 Å². The average molecular weight is 280 g/mol. The molecule has 2 aromatic carbocycles. The second-order valence-corrected chi connectivity index (χ2v) is 4.38. The summed E-state index contributed by atoms with van der Waals surface area (Å²) >= 11 is 0. The number of nitrogens with two attached hydrogens (primary N) is 1. The van der Waals surface area contributed by atoms with Crippen LogP contribution in [0.15, 0.2) is 48.5 Å². The highest BCUT2D eigenvalue weighted by Crippen LogP contribution is 2.32. The summed E-state index contributed by atoms with van der Waals surface area (Å²) in [5.74, 6) is 1.27. The highest BCUT2D eigenvalue weighted by molar-refractivity contribution is 5.82. The zero-order valence-corrected chi connectivity index (χ0v) is 12.0. The Kier molecular flexibility index (Phi) is 4.47. The fourth-order valence-corrected chi connectivity index (χ4v) is 2.06. The number of hydrogen-bond donors (Lipinski definition) is 1. The second kappa shape index (κ2) is 6.49. The first kappa shape index (κ1) is 14.5. The van der Waals surface area contributed by atoms with Gasteiger partial charge in [0.2, 0.25) is 0 Å². The zero-order valence-electron chi connectivity index (χ0n) is 12.0. The van der Waals surface area contributed by atoms with Gasteiger partial charge in [0.1, 0.15) is 0 Å². The number of nitrogen functional groups attached to an aromatic ring is 1. The van der Waals surface area contributed by atoms with E-state index < -0.39 is 0 Å². The van der Waals surface area contributed by atoms with E-state index in [1.165, 1.54) is 6.08 Å². The maximum absolute atomic E-state index is 9.03. The van der Waals surface area contributed by atoms with Crippen molar-refractivity contribution in [2.75, 3.05) is 20.0 Å². The topological polar surface area (TPSA) is 68.3 Å². The average Bonchev–Trinajstić information content (AvgIpc) is 2.53. The summed E-state index contributed by atoms with van der Waals surface area (Å²) in [4.78, 5) is 0. The van der Waals surface area contributed by atoms with Gasteiger partial charge in [-0.3, -0.25) is 0 Å². The van der Waals surface area contributed by atoms with Crippen LogP contribution in [0.1, 0.15) is 11.1 Å². The molecule has 4 heteroatoms. The third kappa shape index (κ3) is 3.15. The number of methoxy groups -OCH3 is 2. The van der Waals surface area contributed by atoms with Gasteiger partial charge in [-0.2, -0.15) is 5.26 Å². The van der Waals surface area contributed by atoms with Crippen LogP contribution in [0, 0.1) is 11.3 Å². The standard InChI is InChI=1S/C17H16N2O2/c1-20-16-8-5-13(11-17(16)21-2)15(9-10-18)12-3-6-14(19)7-4-12/h3-9,11H,19H2,1-2H3/b15-9+. The second-order valence-electron chi connectivity index (χ2n) is 4.38. The number of rotatable bonds is 4. The third-order valence-corrected chi connectivity index (χ3v) is 3.13.